The van der Waals surface area contributed by atoms with Crippen LogP contribution in [0.4, 0.5) is 5.69 Å². The van der Waals surface area contributed by atoms with Gasteiger partial charge in [-0.3, -0.25) is 13.9 Å². The Labute approximate surface area is 274 Å². The van der Waals surface area contributed by atoms with Crippen LogP contribution >= 0.6 is 15.9 Å². The highest BCUT2D eigenvalue weighted by molar-refractivity contribution is 9.10. The van der Waals surface area contributed by atoms with Crippen LogP contribution in [0.5, 0.6) is 11.5 Å². The number of hydrogen-bond donors (Lipinski definition) is 1. The predicted octanol–water partition coefficient (Wildman–Crippen LogP) is 7.08. The molecule has 1 N–H and O–H groups in total. The summed E-state index contributed by atoms with van der Waals surface area (Å²) < 4.78 is 36.0. The molecule has 0 radical (unpaired) electrons. The Bertz CT molecular complexity index is 1700. The van der Waals surface area contributed by atoms with Crippen molar-refractivity contribution in [1.82, 2.24) is 10.2 Å². The van der Waals surface area contributed by atoms with Gasteiger partial charge in [0.1, 0.15) is 24.1 Å². The third kappa shape index (κ3) is 8.95. The SMILES string of the molecule is CCC(C)NC(=O)C(C)N(Cc1cccc(Br)c1)C(=O)CN(c1ccc(Oc2ccccc2)cc1)S(=O)(=O)c1ccc(C)cc1. The summed E-state index contributed by atoms with van der Waals surface area (Å²) in [7, 11) is -4.18. The summed E-state index contributed by atoms with van der Waals surface area (Å²) in [5.74, 6) is 0.304. The van der Waals surface area contributed by atoms with Gasteiger partial charge in [0.25, 0.3) is 10.0 Å². The highest BCUT2D eigenvalue weighted by atomic mass is 79.9. The Kier molecular flexibility index (Phi) is 11.4. The van der Waals surface area contributed by atoms with Gasteiger partial charge >= 0.3 is 0 Å². The first-order valence-electron chi connectivity index (χ1n) is 14.7. The van der Waals surface area contributed by atoms with E-state index in [1.165, 1.54) is 17.0 Å². The molecular weight excluding hydrogens is 654 g/mol. The molecular formula is C35H38BrN3O5S. The van der Waals surface area contributed by atoms with Crippen molar-refractivity contribution in [3.05, 3.63) is 119 Å². The zero-order chi connectivity index (χ0) is 32.6. The molecule has 4 aromatic carbocycles. The van der Waals surface area contributed by atoms with E-state index >= 15 is 0 Å². The molecule has 8 nitrogen and oxygen atoms in total. The van der Waals surface area contributed by atoms with E-state index in [2.05, 4.69) is 21.2 Å². The number of amides is 2. The fourth-order valence-electron chi connectivity index (χ4n) is 4.55. The Balaban J connectivity index is 1.70. The third-order valence-electron chi connectivity index (χ3n) is 7.40. The first-order valence-corrected chi connectivity index (χ1v) is 17.0. The van der Waals surface area contributed by atoms with Gasteiger partial charge in [0.15, 0.2) is 0 Å². The molecule has 0 saturated carbocycles. The second-order valence-corrected chi connectivity index (χ2v) is 13.7. The number of nitrogens with one attached hydrogen (secondary N) is 1. The molecule has 0 saturated heterocycles. The Morgan fingerprint density at radius 3 is 2.13 bits per heavy atom. The second kappa shape index (κ2) is 15.2. The first-order chi connectivity index (χ1) is 21.5. The minimum absolute atomic E-state index is 0.0478. The van der Waals surface area contributed by atoms with E-state index < -0.39 is 28.5 Å². The molecule has 0 aliphatic heterocycles. The van der Waals surface area contributed by atoms with Crippen LogP contribution in [0.15, 0.2) is 112 Å². The van der Waals surface area contributed by atoms with Crippen LogP contribution < -0.4 is 14.4 Å². The van der Waals surface area contributed by atoms with Crippen molar-refractivity contribution >= 4 is 43.5 Å². The lowest BCUT2D eigenvalue weighted by molar-refractivity contribution is -0.139. The molecule has 2 amide bonds. The van der Waals surface area contributed by atoms with Crippen molar-refractivity contribution in [3.63, 3.8) is 0 Å². The molecule has 0 bridgehead atoms. The van der Waals surface area contributed by atoms with Crippen LogP contribution in [0.2, 0.25) is 0 Å². The molecule has 236 valence electrons. The number of nitrogens with zero attached hydrogens (tertiary/aromatic N) is 2. The van der Waals surface area contributed by atoms with E-state index in [-0.39, 0.29) is 29.1 Å². The standard InChI is InChI=1S/C35H38BrN3O5S/c1-5-26(3)37-35(41)27(4)38(23-28-10-9-11-29(36)22-28)34(40)24-39(45(42,43)33-20-14-25(2)15-21-33)30-16-18-32(19-17-30)44-31-12-7-6-8-13-31/h6-22,26-27H,5,23-24H2,1-4H3,(H,37,41). The van der Waals surface area contributed by atoms with Crippen molar-refractivity contribution < 1.29 is 22.7 Å². The second-order valence-electron chi connectivity index (χ2n) is 10.9. The fourth-order valence-corrected chi connectivity index (χ4v) is 6.41. The summed E-state index contributed by atoms with van der Waals surface area (Å²) in [5.41, 5.74) is 1.97. The topological polar surface area (TPSA) is 96.0 Å². The molecule has 0 fully saturated rings. The van der Waals surface area contributed by atoms with Crippen molar-refractivity contribution in [2.24, 2.45) is 0 Å². The lowest BCUT2D eigenvalue weighted by Gasteiger charge is -2.32. The van der Waals surface area contributed by atoms with Crippen molar-refractivity contribution in [2.45, 2.75) is 57.6 Å². The zero-order valence-corrected chi connectivity index (χ0v) is 28.2. The summed E-state index contributed by atoms with van der Waals surface area (Å²) in [6.07, 6.45) is 0.727. The summed E-state index contributed by atoms with van der Waals surface area (Å²) in [4.78, 5) is 28.9. The smallest absolute Gasteiger partial charge is 0.264 e. The van der Waals surface area contributed by atoms with Crippen LogP contribution in [0.3, 0.4) is 0 Å². The molecule has 4 aromatic rings. The Morgan fingerprint density at radius 1 is 0.867 bits per heavy atom. The molecule has 45 heavy (non-hydrogen) atoms. The quantitative estimate of drug-likeness (QED) is 0.162. The van der Waals surface area contributed by atoms with Gasteiger partial charge in [0, 0.05) is 17.1 Å². The van der Waals surface area contributed by atoms with E-state index in [1.807, 2.05) is 75.4 Å². The van der Waals surface area contributed by atoms with E-state index in [0.29, 0.717) is 11.5 Å². The number of para-hydroxylation sites is 1. The molecule has 0 aliphatic carbocycles. The maximum absolute atomic E-state index is 14.2. The van der Waals surface area contributed by atoms with Crippen LogP contribution in [-0.2, 0) is 26.2 Å². The molecule has 0 spiro atoms. The lowest BCUT2D eigenvalue weighted by atomic mass is 10.1. The van der Waals surface area contributed by atoms with Crippen molar-refractivity contribution in [2.75, 3.05) is 10.8 Å². The molecule has 4 rings (SSSR count). The van der Waals surface area contributed by atoms with E-state index in [4.69, 9.17) is 4.74 Å². The van der Waals surface area contributed by atoms with Gasteiger partial charge in [-0.2, -0.15) is 0 Å². The molecule has 0 aliphatic rings. The summed E-state index contributed by atoms with van der Waals surface area (Å²) >= 11 is 3.47. The molecule has 2 atom stereocenters. The van der Waals surface area contributed by atoms with Gasteiger partial charge in [-0.05, 0) is 93.4 Å². The summed E-state index contributed by atoms with van der Waals surface area (Å²) in [6, 6.07) is 28.7. The average Bonchev–Trinajstić information content (AvgIpc) is 3.03. The van der Waals surface area contributed by atoms with Crippen molar-refractivity contribution in [1.29, 1.82) is 0 Å². The summed E-state index contributed by atoms with van der Waals surface area (Å²) in [6.45, 7) is 6.97. The lowest BCUT2D eigenvalue weighted by Crippen LogP contribution is -2.52. The zero-order valence-electron chi connectivity index (χ0n) is 25.8. The molecule has 10 heteroatoms. The molecule has 0 heterocycles. The van der Waals surface area contributed by atoms with Crippen molar-refractivity contribution in [3.8, 4) is 11.5 Å². The van der Waals surface area contributed by atoms with Gasteiger partial charge in [-0.25, -0.2) is 8.42 Å². The number of anilines is 1. The monoisotopic (exact) mass is 691 g/mol. The van der Waals surface area contributed by atoms with Crippen LogP contribution in [0.1, 0.15) is 38.3 Å². The number of halogens is 1. The Morgan fingerprint density at radius 2 is 1.51 bits per heavy atom. The van der Waals surface area contributed by atoms with Gasteiger partial charge in [-0.1, -0.05) is 70.9 Å². The normalized spacial score (nSPS) is 12.6. The van der Waals surface area contributed by atoms with Crippen LogP contribution in [0, 0.1) is 6.92 Å². The minimum atomic E-state index is -4.18. The van der Waals surface area contributed by atoms with E-state index in [9.17, 15) is 18.0 Å². The number of rotatable bonds is 13. The number of hydrogen-bond acceptors (Lipinski definition) is 5. The van der Waals surface area contributed by atoms with Gasteiger partial charge < -0.3 is 15.0 Å². The molecule has 2 unspecified atom stereocenters. The maximum Gasteiger partial charge on any atom is 0.264 e. The highest BCUT2D eigenvalue weighted by Gasteiger charge is 2.33. The maximum atomic E-state index is 14.2. The summed E-state index contributed by atoms with van der Waals surface area (Å²) in [5, 5.41) is 2.95. The average molecular weight is 693 g/mol. The van der Waals surface area contributed by atoms with Gasteiger partial charge in [0.2, 0.25) is 11.8 Å². The van der Waals surface area contributed by atoms with Crippen LogP contribution in [-0.4, -0.2) is 43.8 Å². The predicted molar refractivity (Wildman–Crippen MR) is 181 cm³/mol. The van der Waals surface area contributed by atoms with Gasteiger partial charge in [0.05, 0.1) is 10.6 Å². The Hall–Kier alpha value is -4.15. The highest BCUT2D eigenvalue weighted by Crippen LogP contribution is 2.29. The number of benzene rings is 4. The van der Waals surface area contributed by atoms with E-state index in [1.54, 1.807) is 43.3 Å². The first kappa shape index (κ1) is 33.7. The number of aryl methyl sites for hydroxylation is 1. The number of carbonyl (C=O) groups excluding carboxylic acids is 2. The third-order valence-corrected chi connectivity index (χ3v) is 9.68. The van der Waals surface area contributed by atoms with Gasteiger partial charge in [-0.15, -0.1) is 0 Å². The largest absolute Gasteiger partial charge is 0.457 e. The minimum Gasteiger partial charge on any atom is -0.457 e. The number of sulfonamides is 1. The molecule has 0 aromatic heterocycles. The fraction of sp³-hybridized carbons (Fsp3) is 0.257. The van der Waals surface area contributed by atoms with Crippen LogP contribution in [0.25, 0.3) is 0 Å². The number of carbonyl (C=O) groups is 2. The van der Waals surface area contributed by atoms with E-state index in [0.717, 1.165) is 26.3 Å². The number of ether oxygens (including phenoxy) is 1.